The number of benzene rings is 1. The summed E-state index contributed by atoms with van der Waals surface area (Å²) >= 11 is 0. The van der Waals surface area contributed by atoms with Crippen LogP contribution in [0.2, 0.25) is 0 Å². The lowest BCUT2D eigenvalue weighted by Crippen LogP contribution is -2.33. The van der Waals surface area contributed by atoms with Gasteiger partial charge in [0.1, 0.15) is 11.4 Å². The number of likely N-dealkylation sites (tertiary alicyclic amines) is 1. The van der Waals surface area contributed by atoms with Crippen LogP contribution in [-0.4, -0.2) is 78.2 Å². The van der Waals surface area contributed by atoms with E-state index in [-0.39, 0.29) is 0 Å². The molecule has 0 saturated carbocycles. The lowest BCUT2D eigenvalue weighted by Gasteiger charge is -2.30. The second-order valence-electron chi connectivity index (χ2n) is 10.1. The van der Waals surface area contributed by atoms with E-state index in [1.54, 1.807) is 0 Å². The van der Waals surface area contributed by atoms with Gasteiger partial charge in [0.15, 0.2) is 17.4 Å². The summed E-state index contributed by atoms with van der Waals surface area (Å²) < 4.78 is 14.0. The molecule has 2 aliphatic heterocycles. The standard InChI is InChI=1S/C27H39N7O2/c1-4-35-22-11-9-10-21(18-22)26-29-30-27-24-23(33(3)14-7-5-6-8-17-36-24)25(31-34(26)27)28-19-20-12-15-32(2)16-13-20/h9-11,18,20H,4-8,12-17,19H2,1-3H3,(H,28,31). The number of rotatable bonds is 6. The zero-order chi connectivity index (χ0) is 24.9. The average molecular weight is 494 g/mol. The molecule has 1 aromatic carbocycles. The predicted molar refractivity (Wildman–Crippen MR) is 143 cm³/mol. The summed E-state index contributed by atoms with van der Waals surface area (Å²) in [7, 11) is 4.33. The number of nitrogens with zero attached hydrogens (tertiary/aromatic N) is 6. The summed E-state index contributed by atoms with van der Waals surface area (Å²) in [5, 5.41) is 17.9. The van der Waals surface area contributed by atoms with Gasteiger partial charge >= 0.3 is 0 Å². The van der Waals surface area contributed by atoms with Gasteiger partial charge in [0.25, 0.3) is 0 Å². The highest BCUT2D eigenvalue weighted by molar-refractivity contribution is 5.81. The van der Waals surface area contributed by atoms with E-state index < -0.39 is 0 Å². The minimum atomic E-state index is 0.612. The van der Waals surface area contributed by atoms with Crippen LogP contribution in [0, 0.1) is 5.92 Å². The maximum absolute atomic E-state index is 6.43. The molecule has 194 valence electrons. The van der Waals surface area contributed by atoms with E-state index in [1.165, 1.54) is 25.7 Å². The first-order chi connectivity index (χ1) is 17.6. The molecule has 2 aromatic heterocycles. The van der Waals surface area contributed by atoms with E-state index in [2.05, 4.69) is 39.4 Å². The van der Waals surface area contributed by atoms with Gasteiger partial charge in [-0.2, -0.15) is 4.52 Å². The Morgan fingerprint density at radius 1 is 1.06 bits per heavy atom. The van der Waals surface area contributed by atoms with Gasteiger partial charge in [0.2, 0.25) is 5.65 Å². The molecule has 0 unspecified atom stereocenters. The van der Waals surface area contributed by atoms with Gasteiger partial charge in [-0.15, -0.1) is 15.3 Å². The molecule has 1 N–H and O–H groups in total. The first kappa shape index (κ1) is 24.6. The quantitative estimate of drug-likeness (QED) is 0.544. The summed E-state index contributed by atoms with van der Waals surface area (Å²) in [6, 6.07) is 7.95. The molecule has 1 saturated heterocycles. The van der Waals surface area contributed by atoms with Crippen LogP contribution in [0.5, 0.6) is 11.5 Å². The molecule has 0 radical (unpaired) electrons. The van der Waals surface area contributed by atoms with Crippen molar-refractivity contribution in [2.24, 2.45) is 5.92 Å². The molecule has 0 bridgehead atoms. The molecule has 0 aliphatic carbocycles. The minimum absolute atomic E-state index is 0.612. The first-order valence-electron chi connectivity index (χ1n) is 13.4. The molecule has 4 heterocycles. The van der Waals surface area contributed by atoms with Crippen LogP contribution in [0.1, 0.15) is 45.4 Å². The lowest BCUT2D eigenvalue weighted by molar-refractivity contribution is 0.226. The molecule has 0 atom stereocenters. The molecule has 9 nitrogen and oxygen atoms in total. The van der Waals surface area contributed by atoms with Gasteiger partial charge < -0.3 is 24.6 Å². The van der Waals surface area contributed by atoms with Gasteiger partial charge in [0, 0.05) is 25.7 Å². The normalized spacial score (nSPS) is 18.0. The van der Waals surface area contributed by atoms with Crippen LogP contribution in [-0.2, 0) is 0 Å². The van der Waals surface area contributed by atoms with Crippen molar-refractivity contribution < 1.29 is 9.47 Å². The molecule has 1 fully saturated rings. The molecular formula is C27H39N7O2. The Kier molecular flexibility index (Phi) is 7.75. The monoisotopic (exact) mass is 493 g/mol. The Balaban J connectivity index is 1.57. The highest BCUT2D eigenvalue weighted by Crippen LogP contribution is 2.39. The summed E-state index contributed by atoms with van der Waals surface area (Å²) in [6.45, 7) is 7.40. The van der Waals surface area contributed by atoms with E-state index in [0.717, 1.165) is 67.6 Å². The second kappa shape index (κ2) is 11.3. The minimum Gasteiger partial charge on any atom is -0.494 e. The molecule has 2 aliphatic rings. The highest BCUT2D eigenvalue weighted by Gasteiger charge is 2.26. The smallest absolute Gasteiger partial charge is 0.222 e. The third-order valence-corrected chi connectivity index (χ3v) is 7.30. The van der Waals surface area contributed by atoms with Crippen LogP contribution in [0.4, 0.5) is 11.5 Å². The highest BCUT2D eigenvalue weighted by atomic mass is 16.5. The van der Waals surface area contributed by atoms with Crippen molar-refractivity contribution in [3.8, 4) is 22.9 Å². The number of aromatic nitrogens is 4. The van der Waals surface area contributed by atoms with E-state index in [1.807, 2.05) is 35.7 Å². The number of ether oxygens (including phenoxy) is 2. The Labute approximate surface area is 213 Å². The van der Waals surface area contributed by atoms with Crippen molar-refractivity contribution in [3.05, 3.63) is 24.3 Å². The third kappa shape index (κ3) is 5.36. The van der Waals surface area contributed by atoms with E-state index in [9.17, 15) is 0 Å². The number of anilines is 2. The first-order valence-corrected chi connectivity index (χ1v) is 13.4. The largest absolute Gasteiger partial charge is 0.494 e. The van der Waals surface area contributed by atoms with Crippen LogP contribution in [0.15, 0.2) is 24.3 Å². The van der Waals surface area contributed by atoms with Crippen LogP contribution in [0.3, 0.4) is 0 Å². The molecular weight excluding hydrogens is 454 g/mol. The summed E-state index contributed by atoms with van der Waals surface area (Å²) in [6.07, 6.45) is 6.96. The zero-order valence-electron chi connectivity index (χ0n) is 21.9. The van der Waals surface area contributed by atoms with E-state index in [0.29, 0.717) is 30.6 Å². The van der Waals surface area contributed by atoms with Gasteiger partial charge in [-0.1, -0.05) is 25.0 Å². The van der Waals surface area contributed by atoms with Crippen molar-refractivity contribution in [3.63, 3.8) is 0 Å². The van der Waals surface area contributed by atoms with Gasteiger partial charge in [-0.3, -0.25) is 0 Å². The predicted octanol–water partition coefficient (Wildman–Crippen LogP) is 4.33. The summed E-state index contributed by atoms with van der Waals surface area (Å²) in [5.74, 6) is 3.72. The van der Waals surface area contributed by atoms with Crippen molar-refractivity contribution in [1.29, 1.82) is 0 Å². The number of fused-ring (bicyclic) bond motifs is 3. The molecule has 9 heteroatoms. The van der Waals surface area contributed by atoms with E-state index >= 15 is 0 Å². The Morgan fingerprint density at radius 2 is 1.89 bits per heavy atom. The second-order valence-corrected chi connectivity index (χ2v) is 10.1. The van der Waals surface area contributed by atoms with Crippen molar-refractivity contribution >= 4 is 17.2 Å². The maximum atomic E-state index is 6.43. The van der Waals surface area contributed by atoms with Crippen LogP contribution in [0.25, 0.3) is 17.0 Å². The zero-order valence-corrected chi connectivity index (χ0v) is 21.9. The fourth-order valence-electron chi connectivity index (χ4n) is 5.15. The molecule has 0 spiro atoms. The lowest BCUT2D eigenvalue weighted by atomic mass is 9.97. The maximum Gasteiger partial charge on any atom is 0.222 e. The van der Waals surface area contributed by atoms with Gasteiger partial charge in [-0.25, -0.2) is 0 Å². The SMILES string of the molecule is CCOc1cccc(-c2nnc3c4c(c(NCC5CCN(C)CC5)nn23)N(C)CCCCCCO4)c1. The fraction of sp³-hybridized carbons (Fsp3) is 0.593. The summed E-state index contributed by atoms with van der Waals surface area (Å²) in [5.41, 5.74) is 2.55. The number of nitrogens with one attached hydrogen (secondary N) is 1. The number of hydrogen-bond donors (Lipinski definition) is 1. The molecule has 36 heavy (non-hydrogen) atoms. The van der Waals surface area contributed by atoms with Gasteiger partial charge in [-0.05, 0) is 70.8 Å². The third-order valence-electron chi connectivity index (χ3n) is 7.30. The number of piperidine rings is 1. The average Bonchev–Trinajstić information content (AvgIpc) is 3.32. The fourth-order valence-corrected chi connectivity index (χ4v) is 5.15. The van der Waals surface area contributed by atoms with Gasteiger partial charge in [0.05, 0.1) is 13.2 Å². The van der Waals surface area contributed by atoms with Crippen molar-refractivity contribution in [1.82, 2.24) is 24.7 Å². The topological polar surface area (TPSA) is 80.1 Å². The van der Waals surface area contributed by atoms with Crippen LogP contribution >= 0.6 is 0 Å². The Morgan fingerprint density at radius 3 is 2.72 bits per heavy atom. The summed E-state index contributed by atoms with van der Waals surface area (Å²) in [4.78, 5) is 4.68. The van der Waals surface area contributed by atoms with Crippen LogP contribution < -0.4 is 19.7 Å². The van der Waals surface area contributed by atoms with Crippen molar-refractivity contribution in [2.75, 3.05) is 63.7 Å². The van der Waals surface area contributed by atoms with E-state index in [4.69, 9.17) is 14.6 Å². The number of hydrogen-bond acceptors (Lipinski definition) is 8. The molecule has 0 amide bonds. The Hall–Kier alpha value is -3.07. The Bertz CT molecular complexity index is 1160. The molecule has 3 aromatic rings. The molecule has 5 rings (SSSR count). The van der Waals surface area contributed by atoms with Crippen molar-refractivity contribution in [2.45, 2.75) is 45.4 Å².